The molecule has 0 aliphatic carbocycles. The summed E-state index contributed by atoms with van der Waals surface area (Å²) in [4.78, 5) is 15.0. The number of para-hydroxylation sites is 1. The van der Waals surface area contributed by atoms with E-state index in [4.69, 9.17) is 10.5 Å². The first-order chi connectivity index (χ1) is 11.2. The van der Waals surface area contributed by atoms with Crippen molar-refractivity contribution in [3.8, 4) is 0 Å². The zero-order valence-corrected chi connectivity index (χ0v) is 16.3. The number of fused-ring (bicyclic) bond motifs is 1. The van der Waals surface area contributed by atoms with Crippen LogP contribution in [-0.2, 0) is 16.0 Å². The molecule has 1 atom stereocenters. The molecular weight excluding hydrogens is 361 g/mol. The van der Waals surface area contributed by atoms with Gasteiger partial charge >= 0.3 is 0 Å². The third-order valence-corrected chi connectivity index (χ3v) is 5.31. The molecule has 2 aliphatic rings. The molecule has 0 aromatic heterocycles. The molecule has 5 nitrogen and oxygen atoms in total. The number of halogens is 2. The van der Waals surface area contributed by atoms with Crippen molar-refractivity contribution in [3.05, 3.63) is 29.8 Å². The van der Waals surface area contributed by atoms with E-state index in [1.807, 2.05) is 0 Å². The van der Waals surface area contributed by atoms with Crippen LogP contribution in [0.5, 0.6) is 0 Å². The second-order valence-corrected chi connectivity index (χ2v) is 6.73. The van der Waals surface area contributed by atoms with E-state index >= 15 is 0 Å². The molecule has 1 unspecified atom stereocenters. The number of nitrogens with one attached hydrogen (secondary N) is 1. The van der Waals surface area contributed by atoms with E-state index in [1.165, 1.54) is 11.3 Å². The van der Waals surface area contributed by atoms with Gasteiger partial charge in [-0.3, -0.25) is 4.79 Å². The van der Waals surface area contributed by atoms with Crippen molar-refractivity contribution in [1.29, 1.82) is 0 Å². The van der Waals surface area contributed by atoms with Crippen molar-refractivity contribution in [2.24, 2.45) is 11.1 Å². The lowest BCUT2D eigenvalue weighted by atomic mass is 9.79. The average Bonchev–Trinajstić information content (AvgIpc) is 2.91. The highest BCUT2D eigenvalue weighted by Gasteiger charge is 2.38. The fourth-order valence-corrected chi connectivity index (χ4v) is 3.73. The van der Waals surface area contributed by atoms with Crippen LogP contribution in [0.25, 0.3) is 0 Å². The summed E-state index contributed by atoms with van der Waals surface area (Å²) in [5, 5.41) is 3.11. The van der Waals surface area contributed by atoms with Crippen LogP contribution in [0.2, 0.25) is 0 Å². The van der Waals surface area contributed by atoms with Gasteiger partial charge in [0.05, 0.1) is 5.41 Å². The molecule has 142 valence electrons. The van der Waals surface area contributed by atoms with E-state index in [0.29, 0.717) is 32.3 Å². The number of anilines is 1. The van der Waals surface area contributed by atoms with Crippen molar-refractivity contribution in [3.63, 3.8) is 0 Å². The maximum Gasteiger partial charge on any atom is 0.227 e. The summed E-state index contributed by atoms with van der Waals surface area (Å²) in [5.74, 6) is 0.0865. The van der Waals surface area contributed by atoms with Crippen LogP contribution in [0.15, 0.2) is 24.3 Å². The van der Waals surface area contributed by atoms with Gasteiger partial charge in [-0.2, -0.15) is 0 Å². The standard InChI is InChI=1S/C18H27N3O2.2ClH/c1-14-12-15-4-2-3-5-16(15)21(14)9-8-20-17(22)18(13-19)6-10-23-11-7-18;;/h2-5,14H,6-13,19H2,1H3,(H,20,22);2*1H. The molecule has 2 heterocycles. The molecule has 0 bridgehead atoms. The number of amides is 1. The second-order valence-electron chi connectivity index (χ2n) is 6.73. The lowest BCUT2D eigenvalue weighted by molar-refractivity contribution is -0.135. The second kappa shape index (κ2) is 9.62. The van der Waals surface area contributed by atoms with Crippen molar-refractivity contribution in [2.75, 3.05) is 37.7 Å². The topological polar surface area (TPSA) is 67.6 Å². The van der Waals surface area contributed by atoms with Gasteiger partial charge in [-0.05, 0) is 37.8 Å². The van der Waals surface area contributed by atoms with Crippen LogP contribution in [0.3, 0.4) is 0 Å². The lowest BCUT2D eigenvalue weighted by Crippen LogP contribution is -2.50. The van der Waals surface area contributed by atoms with E-state index < -0.39 is 5.41 Å². The fourth-order valence-electron chi connectivity index (χ4n) is 3.73. The van der Waals surface area contributed by atoms with Gasteiger partial charge < -0.3 is 20.7 Å². The Labute approximate surface area is 162 Å². The van der Waals surface area contributed by atoms with Crippen molar-refractivity contribution >= 4 is 36.4 Å². The Kier molecular flexibility index (Phi) is 8.48. The molecule has 1 saturated heterocycles. The van der Waals surface area contributed by atoms with Crippen LogP contribution >= 0.6 is 24.8 Å². The Bertz CT molecular complexity index is 565. The monoisotopic (exact) mass is 389 g/mol. The van der Waals surface area contributed by atoms with Gasteiger partial charge in [-0.15, -0.1) is 24.8 Å². The van der Waals surface area contributed by atoms with Crippen LogP contribution in [0, 0.1) is 5.41 Å². The number of hydrogen-bond donors (Lipinski definition) is 2. The maximum absolute atomic E-state index is 12.6. The van der Waals surface area contributed by atoms with Crippen LogP contribution in [0.1, 0.15) is 25.3 Å². The summed E-state index contributed by atoms with van der Waals surface area (Å²) < 4.78 is 5.37. The van der Waals surface area contributed by atoms with Gasteiger partial charge in [-0.1, -0.05) is 18.2 Å². The quantitative estimate of drug-likeness (QED) is 0.809. The molecule has 1 aromatic carbocycles. The largest absolute Gasteiger partial charge is 0.381 e. The van der Waals surface area contributed by atoms with Gasteiger partial charge in [0, 0.05) is 44.6 Å². The predicted octanol–water partition coefficient (Wildman–Crippen LogP) is 2.15. The molecule has 2 aliphatic heterocycles. The Balaban J connectivity index is 0.00000156. The van der Waals surface area contributed by atoms with E-state index in [2.05, 4.69) is 41.4 Å². The minimum absolute atomic E-state index is 0. The van der Waals surface area contributed by atoms with Gasteiger partial charge in [0.15, 0.2) is 0 Å². The number of carbonyl (C=O) groups is 1. The van der Waals surface area contributed by atoms with Crippen molar-refractivity contribution < 1.29 is 9.53 Å². The molecule has 1 aromatic rings. The molecule has 1 fully saturated rings. The predicted molar refractivity (Wildman–Crippen MR) is 106 cm³/mol. The van der Waals surface area contributed by atoms with Gasteiger partial charge in [0.25, 0.3) is 0 Å². The summed E-state index contributed by atoms with van der Waals surface area (Å²) >= 11 is 0. The number of ether oxygens (including phenoxy) is 1. The maximum atomic E-state index is 12.6. The van der Waals surface area contributed by atoms with E-state index in [1.54, 1.807) is 0 Å². The number of carbonyl (C=O) groups excluding carboxylic acids is 1. The normalized spacial score (nSPS) is 20.9. The SMILES string of the molecule is CC1Cc2ccccc2N1CCNC(=O)C1(CN)CCOCC1.Cl.Cl. The molecule has 0 saturated carbocycles. The Morgan fingerprint density at radius 3 is 2.68 bits per heavy atom. The highest BCUT2D eigenvalue weighted by molar-refractivity contribution is 5.85. The number of rotatable bonds is 5. The van der Waals surface area contributed by atoms with Gasteiger partial charge in [-0.25, -0.2) is 0 Å². The minimum atomic E-state index is -0.438. The minimum Gasteiger partial charge on any atom is -0.381 e. The number of nitrogens with zero attached hydrogens (tertiary/aromatic N) is 1. The molecule has 1 amide bonds. The smallest absolute Gasteiger partial charge is 0.227 e. The molecule has 25 heavy (non-hydrogen) atoms. The zero-order chi connectivity index (χ0) is 16.3. The highest BCUT2D eigenvalue weighted by atomic mass is 35.5. The molecule has 7 heteroatoms. The third-order valence-electron chi connectivity index (χ3n) is 5.31. The average molecular weight is 390 g/mol. The molecule has 0 radical (unpaired) electrons. The number of nitrogens with two attached hydrogens (primary N) is 1. The van der Waals surface area contributed by atoms with Crippen molar-refractivity contribution in [1.82, 2.24) is 5.32 Å². The Hall–Kier alpha value is -1.01. The summed E-state index contributed by atoms with van der Waals surface area (Å²) in [6.07, 6.45) is 2.52. The summed E-state index contributed by atoms with van der Waals surface area (Å²) in [6.45, 7) is 5.37. The Morgan fingerprint density at radius 1 is 1.32 bits per heavy atom. The molecular formula is C18H29Cl2N3O2. The van der Waals surface area contributed by atoms with Gasteiger partial charge in [0.1, 0.15) is 0 Å². The first-order valence-corrected chi connectivity index (χ1v) is 8.57. The molecule has 3 N–H and O–H groups in total. The first-order valence-electron chi connectivity index (χ1n) is 8.57. The fraction of sp³-hybridized carbons (Fsp3) is 0.611. The number of hydrogen-bond acceptors (Lipinski definition) is 4. The van der Waals surface area contributed by atoms with Crippen LogP contribution in [-0.4, -0.2) is 44.8 Å². The van der Waals surface area contributed by atoms with Crippen molar-refractivity contribution in [2.45, 2.75) is 32.2 Å². The lowest BCUT2D eigenvalue weighted by Gasteiger charge is -2.35. The first kappa shape index (κ1) is 22.0. The highest BCUT2D eigenvalue weighted by Crippen LogP contribution is 2.32. The Morgan fingerprint density at radius 2 is 2.00 bits per heavy atom. The summed E-state index contributed by atoms with van der Waals surface area (Å²) in [7, 11) is 0. The van der Waals surface area contributed by atoms with Gasteiger partial charge in [0.2, 0.25) is 5.91 Å². The van der Waals surface area contributed by atoms with Crippen LogP contribution in [0.4, 0.5) is 5.69 Å². The molecule has 3 rings (SSSR count). The van der Waals surface area contributed by atoms with E-state index in [-0.39, 0.29) is 30.7 Å². The third kappa shape index (κ3) is 4.59. The zero-order valence-electron chi connectivity index (χ0n) is 14.7. The summed E-state index contributed by atoms with van der Waals surface area (Å²) in [6, 6.07) is 9.01. The van der Waals surface area contributed by atoms with E-state index in [0.717, 1.165) is 25.8 Å². The summed E-state index contributed by atoms with van der Waals surface area (Å²) in [5.41, 5.74) is 8.15. The van der Waals surface area contributed by atoms with E-state index in [9.17, 15) is 4.79 Å². The molecule has 0 spiro atoms. The van der Waals surface area contributed by atoms with Crippen LogP contribution < -0.4 is 16.0 Å². The number of benzene rings is 1.